The van der Waals surface area contributed by atoms with Gasteiger partial charge < -0.3 is 19.9 Å². The van der Waals surface area contributed by atoms with Gasteiger partial charge in [0.25, 0.3) is 0 Å². The highest BCUT2D eigenvalue weighted by Gasteiger charge is 2.03. The van der Waals surface area contributed by atoms with Crippen LogP contribution in [-0.4, -0.2) is 13.9 Å². The van der Waals surface area contributed by atoms with E-state index in [-0.39, 0.29) is 0 Å². The number of nitrogens with one attached hydrogen (secondary N) is 2. The fourth-order valence-corrected chi connectivity index (χ4v) is 2.88. The first-order valence-electron chi connectivity index (χ1n) is 8.18. The number of hydrogen-bond acceptors (Lipinski definition) is 3. The Morgan fingerprint density at radius 1 is 0.926 bits per heavy atom. The van der Waals surface area contributed by atoms with Gasteiger partial charge >= 0.3 is 0 Å². The zero-order chi connectivity index (χ0) is 19.1. The zero-order valence-electron chi connectivity index (χ0n) is 14.3. The van der Waals surface area contributed by atoms with Crippen molar-refractivity contribution < 1.29 is 13.5 Å². The lowest BCUT2D eigenvalue weighted by molar-refractivity contribution is 0.482. The van der Waals surface area contributed by atoms with Gasteiger partial charge in [-0.3, -0.25) is 0 Å². The summed E-state index contributed by atoms with van der Waals surface area (Å²) >= 11 is 3.32. The maximum absolute atomic E-state index is 11.0. The van der Waals surface area contributed by atoms with Crippen LogP contribution in [0.5, 0.6) is 11.5 Å². The SMILES string of the molecule is O=S(O)c1ccc(Oc2ccc(NC(=S)NCc3ccccc3)cc2)cc1. The summed E-state index contributed by atoms with van der Waals surface area (Å²) in [5.74, 6) is 1.24. The van der Waals surface area contributed by atoms with Gasteiger partial charge in [-0.05, 0) is 66.3 Å². The maximum Gasteiger partial charge on any atom is 0.186 e. The van der Waals surface area contributed by atoms with Crippen molar-refractivity contribution in [2.75, 3.05) is 5.32 Å². The van der Waals surface area contributed by atoms with Gasteiger partial charge in [0.15, 0.2) is 16.2 Å². The van der Waals surface area contributed by atoms with Crippen molar-refractivity contribution in [1.82, 2.24) is 5.32 Å². The Labute approximate surface area is 165 Å². The number of anilines is 1. The van der Waals surface area contributed by atoms with Crippen LogP contribution in [0.15, 0.2) is 83.8 Å². The first-order valence-corrected chi connectivity index (χ1v) is 9.69. The molecule has 138 valence electrons. The lowest BCUT2D eigenvalue weighted by atomic mass is 10.2. The van der Waals surface area contributed by atoms with Crippen LogP contribution in [0.25, 0.3) is 0 Å². The van der Waals surface area contributed by atoms with Crippen LogP contribution in [0.2, 0.25) is 0 Å². The van der Waals surface area contributed by atoms with Gasteiger partial charge in [-0.1, -0.05) is 30.3 Å². The van der Waals surface area contributed by atoms with E-state index in [1.54, 1.807) is 24.3 Å². The van der Waals surface area contributed by atoms with E-state index in [1.165, 1.54) is 0 Å². The van der Waals surface area contributed by atoms with E-state index in [0.29, 0.717) is 28.1 Å². The van der Waals surface area contributed by atoms with Crippen molar-refractivity contribution in [3.05, 3.63) is 84.4 Å². The molecule has 3 rings (SSSR count). The highest BCUT2D eigenvalue weighted by atomic mass is 32.2. The molecule has 0 spiro atoms. The molecule has 3 N–H and O–H groups in total. The van der Waals surface area contributed by atoms with Crippen LogP contribution < -0.4 is 15.4 Å². The average Bonchev–Trinajstić information content (AvgIpc) is 2.69. The molecular weight excluding hydrogens is 380 g/mol. The van der Waals surface area contributed by atoms with Crippen molar-refractivity contribution in [2.24, 2.45) is 0 Å². The van der Waals surface area contributed by atoms with E-state index >= 15 is 0 Å². The largest absolute Gasteiger partial charge is 0.457 e. The molecule has 7 heteroatoms. The van der Waals surface area contributed by atoms with Crippen molar-refractivity contribution in [2.45, 2.75) is 11.4 Å². The van der Waals surface area contributed by atoms with Gasteiger partial charge in [-0.2, -0.15) is 0 Å². The molecule has 0 heterocycles. The van der Waals surface area contributed by atoms with Crippen LogP contribution >= 0.6 is 12.2 Å². The fourth-order valence-electron chi connectivity index (χ4n) is 2.32. The minimum absolute atomic E-state index is 0.332. The molecule has 1 atom stereocenters. The van der Waals surface area contributed by atoms with E-state index < -0.39 is 11.1 Å². The van der Waals surface area contributed by atoms with Crippen molar-refractivity contribution in [3.8, 4) is 11.5 Å². The van der Waals surface area contributed by atoms with E-state index in [2.05, 4.69) is 10.6 Å². The Kier molecular flexibility index (Phi) is 6.54. The van der Waals surface area contributed by atoms with Crippen LogP contribution in [0.4, 0.5) is 5.69 Å². The number of benzene rings is 3. The third-order valence-corrected chi connectivity index (χ3v) is 4.59. The van der Waals surface area contributed by atoms with Gasteiger partial charge in [0.2, 0.25) is 0 Å². The summed E-state index contributed by atoms with van der Waals surface area (Å²) in [5.41, 5.74) is 2.00. The molecule has 0 aromatic heterocycles. The number of thiocarbonyl (C=S) groups is 1. The zero-order valence-corrected chi connectivity index (χ0v) is 15.9. The van der Waals surface area contributed by atoms with Gasteiger partial charge in [-0.15, -0.1) is 0 Å². The summed E-state index contributed by atoms with van der Waals surface area (Å²) in [4.78, 5) is 0.332. The first kappa shape index (κ1) is 19.0. The monoisotopic (exact) mass is 398 g/mol. The Bertz CT molecular complexity index is 914. The van der Waals surface area contributed by atoms with Crippen LogP contribution in [-0.2, 0) is 17.6 Å². The molecule has 0 amide bonds. The standard InChI is InChI=1S/C20H18N2O3S2/c23-27(24)19-12-10-18(11-13-19)25-17-8-6-16(7-9-17)22-20(26)21-14-15-4-2-1-3-5-15/h1-13H,14H2,(H,23,24)(H2,21,22,26). The van der Waals surface area contributed by atoms with Crippen LogP contribution in [0.3, 0.4) is 0 Å². The Balaban J connectivity index is 1.52. The molecule has 0 radical (unpaired) electrons. The second-order valence-corrected chi connectivity index (χ2v) is 7.02. The van der Waals surface area contributed by atoms with Crippen LogP contribution in [0.1, 0.15) is 5.56 Å². The molecule has 3 aromatic rings. The molecular formula is C20H18N2O3S2. The summed E-state index contributed by atoms with van der Waals surface area (Å²) in [6, 6.07) is 23.8. The molecule has 1 unspecified atom stereocenters. The summed E-state index contributed by atoms with van der Waals surface area (Å²) in [5, 5.41) is 6.83. The van der Waals surface area contributed by atoms with Gasteiger partial charge in [-0.25, -0.2) is 4.21 Å². The smallest absolute Gasteiger partial charge is 0.186 e. The Morgan fingerprint density at radius 3 is 2.11 bits per heavy atom. The second kappa shape index (κ2) is 9.27. The number of ether oxygens (including phenoxy) is 1. The summed E-state index contributed by atoms with van der Waals surface area (Å²) < 4.78 is 25.7. The highest BCUT2D eigenvalue weighted by Crippen LogP contribution is 2.23. The van der Waals surface area contributed by atoms with E-state index in [4.69, 9.17) is 21.5 Å². The van der Waals surface area contributed by atoms with Gasteiger partial charge in [0.05, 0.1) is 4.90 Å². The molecule has 0 bridgehead atoms. The van der Waals surface area contributed by atoms with E-state index in [1.807, 2.05) is 54.6 Å². The lowest BCUT2D eigenvalue weighted by Gasteiger charge is -2.11. The Morgan fingerprint density at radius 2 is 1.52 bits per heavy atom. The maximum atomic E-state index is 11.0. The molecule has 0 saturated carbocycles. The predicted molar refractivity (Wildman–Crippen MR) is 111 cm³/mol. The third kappa shape index (κ3) is 5.89. The number of hydrogen-bond donors (Lipinski definition) is 3. The Hall–Kier alpha value is -2.74. The van der Waals surface area contributed by atoms with Crippen molar-refractivity contribution >= 4 is 34.1 Å². The normalized spacial score (nSPS) is 11.4. The van der Waals surface area contributed by atoms with Crippen LogP contribution in [0, 0.1) is 0 Å². The third-order valence-electron chi connectivity index (χ3n) is 3.67. The quantitative estimate of drug-likeness (QED) is 0.418. The summed E-state index contributed by atoms with van der Waals surface area (Å²) in [7, 11) is 0. The van der Waals surface area contributed by atoms with Crippen molar-refractivity contribution in [1.29, 1.82) is 0 Å². The van der Waals surface area contributed by atoms with E-state index in [9.17, 15) is 4.21 Å². The predicted octanol–water partition coefficient (Wildman–Crippen LogP) is 4.55. The second-order valence-electron chi connectivity index (χ2n) is 5.64. The fraction of sp³-hybridized carbons (Fsp3) is 0.0500. The molecule has 0 fully saturated rings. The molecule has 0 aliphatic heterocycles. The lowest BCUT2D eigenvalue weighted by Crippen LogP contribution is -2.27. The van der Waals surface area contributed by atoms with Crippen molar-refractivity contribution in [3.63, 3.8) is 0 Å². The average molecular weight is 399 g/mol. The molecule has 0 aliphatic carbocycles. The van der Waals surface area contributed by atoms with Gasteiger partial charge in [0, 0.05) is 12.2 Å². The topological polar surface area (TPSA) is 70.6 Å². The summed E-state index contributed by atoms with van der Waals surface area (Å²) in [6.07, 6.45) is 0. The number of rotatable bonds is 6. The highest BCUT2D eigenvalue weighted by molar-refractivity contribution is 7.80. The molecule has 0 saturated heterocycles. The minimum Gasteiger partial charge on any atom is -0.457 e. The molecule has 3 aromatic carbocycles. The van der Waals surface area contributed by atoms with E-state index in [0.717, 1.165) is 11.3 Å². The molecule has 0 aliphatic rings. The minimum atomic E-state index is -1.99. The van der Waals surface area contributed by atoms with Gasteiger partial charge in [0.1, 0.15) is 11.5 Å². The summed E-state index contributed by atoms with van der Waals surface area (Å²) in [6.45, 7) is 0.655. The molecule has 27 heavy (non-hydrogen) atoms. The first-order chi connectivity index (χ1) is 13.1. The molecule has 5 nitrogen and oxygen atoms in total.